The molecule has 1 fully saturated rings. The van der Waals surface area contributed by atoms with E-state index in [1.54, 1.807) is 0 Å². The molecule has 18 heavy (non-hydrogen) atoms. The van der Waals surface area contributed by atoms with E-state index < -0.39 is 5.92 Å². The third kappa shape index (κ3) is 2.21. The maximum Gasteiger partial charge on any atom is 0.161 e. The summed E-state index contributed by atoms with van der Waals surface area (Å²) < 4.78 is 5.69. The fraction of sp³-hybridized carbons (Fsp3) is 0.571. The van der Waals surface area contributed by atoms with Crippen molar-refractivity contribution in [3.63, 3.8) is 0 Å². The van der Waals surface area contributed by atoms with E-state index >= 15 is 0 Å². The summed E-state index contributed by atoms with van der Waals surface area (Å²) in [6.07, 6.45) is -0.0186. The molecule has 1 saturated heterocycles. The zero-order valence-electron chi connectivity index (χ0n) is 10.8. The van der Waals surface area contributed by atoms with Crippen molar-refractivity contribution in [3.05, 3.63) is 22.4 Å². The second kappa shape index (κ2) is 5.21. The lowest BCUT2D eigenvalue weighted by Gasteiger charge is -2.19. The third-order valence-electron chi connectivity index (χ3n) is 3.81. The second-order valence-corrected chi connectivity index (χ2v) is 5.89. The van der Waals surface area contributed by atoms with Gasteiger partial charge in [-0.1, -0.05) is 13.0 Å². The number of thiophene rings is 1. The van der Waals surface area contributed by atoms with E-state index in [2.05, 4.69) is 6.07 Å². The topological polar surface area (TPSA) is 50.1 Å². The lowest BCUT2D eigenvalue weighted by Crippen LogP contribution is -2.30. The van der Waals surface area contributed by atoms with E-state index in [0.717, 1.165) is 4.88 Å². The summed E-state index contributed by atoms with van der Waals surface area (Å²) in [5.74, 6) is -0.645. The molecule has 0 aromatic carbocycles. The summed E-state index contributed by atoms with van der Waals surface area (Å²) in [5.41, 5.74) is 0. The minimum absolute atomic E-state index is 0.00398. The lowest BCUT2D eigenvalue weighted by atomic mass is 9.81. The molecule has 0 spiro atoms. The van der Waals surface area contributed by atoms with E-state index in [4.69, 9.17) is 4.74 Å². The third-order valence-corrected chi connectivity index (χ3v) is 4.75. The van der Waals surface area contributed by atoms with Gasteiger partial charge in [-0.2, -0.15) is 5.26 Å². The highest BCUT2D eigenvalue weighted by molar-refractivity contribution is 7.10. The highest BCUT2D eigenvalue weighted by Crippen LogP contribution is 2.37. The Morgan fingerprint density at radius 2 is 2.17 bits per heavy atom. The number of Topliss-reactive ketones (excluding diaryl/α,β-unsaturated/α-hetero) is 1. The van der Waals surface area contributed by atoms with E-state index in [-0.39, 0.29) is 29.8 Å². The highest BCUT2D eigenvalue weighted by atomic mass is 32.1. The first-order valence-corrected chi connectivity index (χ1v) is 7.06. The van der Waals surface area contributed by atoms with Gasteiger partial charge in [0.2, 0.25) is 0 Å². The van der Waals surface area contributed by atoms with Gasteiger partial charge in [0.05, 0.1) is 24.2 Å². The number of ketones is 1. The van der Waals surface area contributed by atoms with Gasteiger partial charge in [-0.15, -0.1) is 11.3 Å². The Morgan fingerprint density at radius 3 is 2.61 bits per heavy atom. The fourth-order valence-electron chi connectivity index (χ4n) is 2.67. The number of nitriles is 1. The molecule has 0 N–H and O–H groups in total. The van der Waals surface area contributed by atoms with Crippen LogP contribution in [-0.2, 0) is 9.53 Å². The molecule has 3 nitrogen and oxygen atoms in total. The summed E-state index contributed by atoms with van der Waals surface area (Å²) in [6.45, 7) is 5.94. The summed E-state index contributed by atoms with van der Waals surface area (Å²) in [5, 5.41) is 11.2. The first kappa shape index (κ1) is 13.3. The summed E-state index contributed by atoms with van der Waals surface area (Å²) in [6, 6.07) is 5.87. The second-order valence-electron chi connectivity index (χ2n) is 4.91. The molecule has 5 atom stereocenters. The molecule has 1 aromatic heterocycles. The summed E-state index contributed by atoms with van der Waals surface area (Å²) in [7, 11) is 0. The Kier molecular flexibility index (Phi) is 3.84. The van der Waals surface area contributed by atoms with Gasteiger partial charge in [0.25, 0.3) is 0 Å². The molecule has 4 heteroatoms. The number of hydrogen-bond donors (Lipinski definition) is 0. The van der Waals surface area contributed by atoms with Crippen molar-refractivity contribution < 1.29 is 9.53 Å². The lowest BCUT2D eigenvalue weighted by molar-refractivity contribution is -0.125. The summed E-state index contributed by atoms with van der Waals surface area (Å²) >= 11 is 1.46. The average Bonchev–Trinajstić information content (AvgIpc) is 2.90. The number of nitrogens with zero attached hydrogens (tertiary/aromatic N) is 1. The van der Waals surface area contributed by atoms with Crippen molar-refractivity contribution in [1.29, 1.82) is 5.26 Å². The predicted octanol–water partition coefficient (Wildman–Crippen LogP) is 2.98. The molecule has 0 radical (unpaired) electrons. The van der Waals surface area contributed by atoms with Crippen LogP contribution >= 0.6 is 11.3 Å². The molecule has 0 aliphatic carbocycles. The van der Waals surface area contributed by atoms with Crippen molar-refractivity contribution >= 4 is 17.1 Å². The largest absolute Gasteiger partial charge is 0.375 e. The van der Waals surface area contributed by atoms with Gasteiger partial charge in [0.1, 0.15) is 5.92 Å². The molecular formula is C14H17NO2S. The molecular weight excluding hydrogens is 246 g/mol. The normalized spacial score (nSPS) is 33.0. The van der Waals surface area contributed by atoms with E-state index in [1.807, 2.05) is 38.3 Å². The maximum atomic E-state index is 12.5. The molecule has 2 rings (SSSR count). The van der Waals surface area contributed by atoms with Crippen molar-refractivity contribution in [2.75, 3.05) is 0 Å². The smallest absolute Gasteiger partial charge is 0.161 e. The zero-order chi connectivity index (χ0) is 13.3. The maximum absolute atomic E-state index is 12.5. The monoisotopic (exact) mass is 263 g/mol. The molecule has 1 aliphatic rings. The number of rotatable bonds is 3. The van der Waals surface area contributed by atoms with Crippen molar-refractivity contribution in [3.8, 4) is 6.07 Å². The fourth-order valence-corrected chi connectivity index (χ4v) is 3.45. The van der Waals surface area contributed by atoms with Gasteiger partial charge in [-0.05, 0) is 31.2 Å². The zero-order valence-corrected chi connectivity index (χ0v) is 11.6. The van der Waals surface area contributed by atoms with Crippen molar-refractivity contribution in [1.82, 2.24) is 0 Å². The first-order valence-electron chi connectivity index (χ1n) is 6.18. The van der Waals surface area contributed by atoms with Crippen LogP contribution < -0.4 is 0 Å². The average molecular weight is 263 g/mol. The Bertz CT molecular complexity index is 463. The van der Waals surface area contributed by atoms with E-state index in [9.17, 15) is 10.1 Å². The highest BCUT2D eigenvalue weighted by Gasteiger charge is 2.44. The number of hydrogen-bond acceptors (Lipinski definition) is 4. The SMILES string of the molecule is CC1OC(C)C(C(=O)C(C#N)c2cccs2)C1C. The van der Waals surface area contributed by atoms with Crippen LogP contribution in [-0.4, -0.2) is 18.0 Å². The standard InChI is InChI=1S/C14H17NO2S/c1-8-9(2)17-10(3)13(8)14(16)11(7-15)12-5-4-6-18-12/h4-6,8-11,13H,1-3H3. The van der Waals surface area contributed by atoms with Gasteiger partial charge in [0, 0.05) is 4.88 Å². The van der Waals surface area contributed by atoms with Gasteiger partial charge in [0.15, 0.2) is 5.78 Å². The van der Waals surface area contributed by atoms with Crippen LogP contribution in [0.25, 0.3) is 0 Å². The van der Waals surface area contributed by atoms with Gasteiger partial charge in [-0.3, -0.25) is 4.79 Å². The van der Waals surface area contributed by atoms with Crippen LogP contribution in [0.5, 0.6) is 0 Å². The molecule has 0 amide bonds. The minimum Gasteiger partial charge on any atom is -0.375 e. The number of carbonyl (C=O) groups excluding carboxylic acids is 1. The predicted molar refractivity (Wildman–Crippen MR) is 70.3 cm³/mol. The van der Waals surface area contributed by atoms with Crippen LogP contribution in [0.2, 0.25) is 0 Å². The van der Waals surface area contributed by atoms with Crippen molar-refractivity contribution in [2.45, 2.75) is 38.9 Å². The Morgan fingerprint density at radius 1 is 1.44 bits per heavy atom. The van der Waals surface area contributed by atoms with Crippen LogP contribution in [0.1, 0.15) is 31.6 Å². The van der Waals surface area contributed by atoms with Gasteiger partial charge >= 0.3 is 0 Å². The van der Waals surface area contributed by atoms with Crippen molar-refractivity contribution in [2.24, 2.45) is 11.8 Å². The quantitative estimate of drug-likeness (QED) is 0.842. The van der Waals surface area contributed by atoms with Crippen LogP contribution in [0, 0.1) is 23.2 Å². The van der Waals surface area contributed by atoms with E-state index in [1.165, 1.54) is 11.3 Å². The van der Waals surface area contributed by atoms with Crippen LogP contribution in [0.3, 0.4) is 0 Å². The molecule has 1 aliphatic heterocycles. The molecule has 0 bridgehead atoms. The van der Waals surface area contributed by atoms with Crippen LogP contribution in [0.15, 0.2) is 17.5 Å². The Labute approximate surface area is 111 Å². The molecule has 5 unspecified atom stereocenters. The molecule has 96 valence electrons. The Balaban J connectivity index is 2.23. The van der Waals surface area contributed by atoms with E-state index in [0.29, 0.717) is 0 Å². The van der Waals surface area contributed by atoms with Gasteiger partial charge < -0.3 is 4.74 Å². The number of carbonyl (C=O) groups is 1. The van der Waals surface area contributed by atoms with Crippen LogP contribution in [0.4, 0.5) is 0 Å². The van der Waals surface area contributed by atoms with Gasteiger partial charge in [-0.25, -0.2) is 0 Å². The first-order chi connectivity index (χ1) is 8.56. The Hall–Kier alpha value is -1.18. The molecule has 2 heterocycles. The summed E-state index contributed by atoms with van der Waals surface area (Å²) in [4.78, 5) is 13.4. The minimum atomic E-state index is -0.645. The number of ether oxygens (including phenoxy) is 1. The molecule has 1 aromatic rings. The molecule has 0 saturated carbocycles.